The summed E-state index contributed by atoms with van der Waals surface area (Å²) in [5.41, 5.74) is 5.69. The lowest BCUT2D eigenvalue weighted by molar-refractivity contribution is 0.00494. The van der Waals surface area contributed by atoms with E-state index >= 15 is 0 Å². The van der Waals surface area contributed by atoms with Crippen LogP contribution < -0.4 is 0 Å². The summed E-state index contributed by atoms with van der Waals surface area (Å²) in [4.78, 5) is 21.6. The van der Waals surface area contributed by atoms with Crippen LogP contribution in [0.1, 0.15) is 134 Å². The number of nitrogens with zero attached hydrogens (tertiary/aromatic N) is 3. The summed E-state index contributed by atoms with van der Waals surface area (Å²) < 4.78 is 5.61. The van der Waals surface area contributed by atoms with Crippen LogP contribution in [-0.4, -0.2) is 52.9 Å². The summed E-state index contributed by atoms with van der Waals surface area (Å²) in [6.45, 7) is 29.7. The Labute approximate surface area is 289 Å². The van der Waals surface area contributed by atoms with Gasteiger partial charge in [0, 0.05) is 53.9 Å². The summed E-state index contributed by atoms with van der Waals surface area (Å²) in [5, 5.41) is 0.839. The lowest BCUT2D eigenvalue weighted by Gasteiger charge is -2.42. The zero-order chi connectivity index (χ0) is 35.3. The normalized spacial score (nSPS) is 17.0. The van der Waals surface area contributed by atoms with Gasteiger partial charge >= 0.3 is 6.09 Å². The largest absolute Gasteiger partial charge is 0.444 e. The highest BCUT2D eigenvalue weighted by molar-refractivity contribution is 6.30. The molecular weight excluding hydrogens is 590 g/mol. The molecule has 0 saturated carbocycles. The van der Waals surface area contributed by atoms with Gasteiger partial charge in [-0.15, -0.1) is 0 Å². The van der Waals surface area contributed by atoms with Crippen molar-refractivity contribution in [2.24, 2.45) is 10.9 Å². The molecule has 262 valence electrons. The molecule has 1 aromatic rings. The van der Waals surface area contributed by atoms with Gasteiger partial charge in [0.1, 0.15) is 5.60 Å². The molecule has 46 heavy (non-hydrogen) atoms. The first kappa shape index (κ1) is 43.5. The maximum Gasteiger partial charge on any atom is 0.410 e. The standard InChI is InChI=1S/C26H45N3O2.C9H11Cl.C5H12/c1-11-14-15-27-21(6)24(23(13-3)19(4)12-2)22(7)28-16-17-29(20(5)18-28)25(30)31-26(8,9)10;1-2-4-8-5-3-6-9(10)7-8;1-3-5-4-2/h13-15,19-20H,11-12,16-18H2,1-10H3;3,5-7H,2,4H2,1H3;3-5H2,1-2H3/b15-14+,23-13-,24-22-,27-21+;;. The number of benzene rings is 1. The number of halogens is 1. The van der Waals surface area contributed by atoms with E-state index in [4.69, 9.17) is 21.3 Å². The fourth-order valence-corrected chi connectivity index (χ4v) is 5.47. The highest BCUT2D eigenvalue weighted by atomic mass is 35.5. The van der Waals surface area contributed by atoms with E-state index in [9.17, 15) is 4.79 Å². The van der Waals surface area contributed by atoms with E-state index in [1.807, 2.05) is 50.1 Å². The molecule has 0 aliphatic carbocycles. The Morgan fingerprint density at radius 2 is 1.74 bits per heavy atom. The summed E-state index contributed by atoms with van der Waals surface area (Å²) in [6.07, 6.45) is 14.4. The Balaban J connectivity index is 0.00000110. The summed E-state index contributed by atoms with van der Waals surface area (Å²) >= 11 is 5.78. The molecular formula is C40H68ClN3O2. The van der Waals surface area contributed by atoms with Gasteiger partial charge in [-0.2, -0.15) is 0 Å². The molecule has 1 fully saturated rings. The average molecular weight is 658 g/mol. The van der Waals surface area contributed by atoms with Crippen molar-refractivity contribution in [3.8, 4) is 0 Å². The van der Waals surface area contributed by atoms with Gasteiger partial charge < -0.3 is 14.5 Å². The van der Waals surface area contributed by atoms with Crippen molar-refractivity contribution in [1.29, 1.82) is 0 Å². The zero-order valence-corrected chi connectivity index (χ0v) is 32.6. The predicted molar refractivity (Wildman–Crippen MR) is 203 cm³/mol. The third-order valence-corrected chi connectivity index (χ3v) is 8.18. The maximum absolute atomic E-state index is 12.6. The van der Waals surface area contributed by atoms with Crippen LogP contribution in [0.15, 0.2) is 64.5 Å². The van der Waals surface area contributed by atoms with Crippen LogP contribution in [0.25, 0.3) is 0 Å². The number of aryl methyl sites for hydroxylation is 1. The number of carbonyl (C=O) groups excluding carboxylic acids is 1. The van der Waals surface area contributed by atoms with E-state index in [1.54, 1.807) is 0 Å². The lowest BCUT2D eigenvalue weighted by atomic mass is 9.87. The van der Waals surface area contributed by atoms with Crippen LogP contribution in [-0.2, 0) is 11.2 Å². The lowest BCUT2D eigenvalue weighted by Crippen LogP contribution is -2.54. The number of unbranched alkanes of at least 4 members (excludes halogenated alkanes) is 2. The SMILES string of the molecule is CCCCC.CCCc1cccc(Cl)c1.C\C=C(C(/C(C)=N/C=C/CC)=C(/C)N1CCN(C(=O)OC(C)(C)C)C(C)C1)\C(C)CC. The zero-order valence-electron chi connectivity index (χ0n) is 31.8. The van der Waals surface area contributed by atoms with Crippen molar-refractivity contribution in [2.45, 2.75) is 147 Å². The maximum atomic E-state index is 12.6. The van der Waals surface area contributed by atoms with E-state index in [0.29, 0.717) is 12.5 Å². The molecule has 0 radical (unpaired) electrons. The minimum absolute atomic E-state index is 0.0784. The van der Waals surface area contributed by atoms with Crippen molar-refractivity contribution in [1.82, 2.24) is 9.80 Å². The number of hydrogen-bond donors (Lipinski definition) is 0. The van der Waals surface area contributed by atoms with Crippen LogP contribution in [0, 0.1) is 5.92 Å². The number of carbonyl (C=O) groups is 1. The third kappa shape index (κ3) is 16.9. The molecule has 1 amide bonds. The molecule has 5 nitrogen and oxygen atoms in total. The predicted octanol–water partition coefficient (Wildman–Crippen LogP) is 12.1. The molecule has 2 rings (SSSR count). The molecule has 2 unspecified atom stereocenters. The van der Waals surface area contributed by atoms with Crippen molar-refractivity contribution in [2.75, 3.05) is 19.6 Å². The molecule has 0 N–H and O–H groups in total. The van der Waals surface area contributed by atoms with Crippen LogP contribution >= 0.6 is 11.6 Å². The number of aliphatic imine (C=N–C) groups is 1. The van der Waals surface area contributed by atoms with Crippen LogP contribution in [0.3, 0.4) is 0 Å². The average Bonchev–Trinajstić information content (AvgIpc) is 2.99. The topological polar surface area (TPSA) is 45.1 Å². The number of rotatable bonds is 11. The highest BCUT2D eigenvalue weighted by Gasteiger charge is 2.32. The summed E-state index contributed by atoms with van der Waals surface area (Å²) in [5.74, 6) is 0.454. The second-order valence-corrected chi connectivity index (χ2v) is 13.7. The quantitative estimate of drug-likeness (QED) is 0.176. The highest BCUT2D eigenvalue weighted by Crippen LogP contribution is 2.29. The van der Waals surface area contributed by atoms with Gasteiger partial charge in [0.2, 0.25) is 0 Å². The number of allylic oxidation sites excluding steroid dienone is 5. The van der Waals surface area contributed by atoms with Crippen molar-refractivity contribution >= 4 is 23.4 Å². The van der Waals surface area contributed by atoms with E-state index < -0.39 is 5.60 Å². The van der Waals surface area contributed by atoms with Gasteiger partial charge in [0.25, 0.3) is 0 Å². The summed E-state index contributed by atoms with van der Waals surface area (Å²) in [6, 6.07) is 8.10. The fourth-order valence-electron chi connectivity index (χ4n) is 5.26. The van der Waals surface area contributed by atoms with Crippen LogP contribution in [0.5, 0.6) is 0 Å². The first-order valence-electron chi connectivity index (χ1n) is 17.8. The molecule has 0 bridgehead atoms. The smallest absolute Gasteiger partial charge is 0.410 e. The van der Waals surface area contributed by atoms with Gasteiger partial charge in [-0.1, -0.05) is 103 Å². The molecule has 2 atom stereocenters. The van der Waals surface area contributed by atoms with Crippen LogP contribution in [0.2, 0.25) is 5.02 Å². The minimum Gasteiger partial charge on any atom is -0.444 e. The first-order valence-corrected chi connectivity index (χ1v) is 18.1. The van der Waals surface area contributed by atoms with Crippen molar-refractivity contribution < 1.29 is 9.53 Å². The number of amides is 1. The number of piperazine rings is 1. The summed E-state index contributed by atoms with van der Waals surface area (Å²) in [7, 11) is 0. The number of ether oxygens (including phenoxy) is 1. The van der Waals surface area contributed by atoms with Crippen LogP contribution in [0.4, 0.5) is 4.79 Å². The Bertz CT molecular complexity index is 1130. The number of hydrogen-bond acceptors (Lipinski definition) is 4. The second kappa shape index (κ2) is 23.7. The van der Waals surface area contributed by atoms with Gasteiger partial charge in [-0.3, -0.25) is 4.99 Å². The second-order valence-electron chi connectivity index (χ2n) is 13.2. The Morgan fingerprint density at radius 3 is 2.20 bits per heavy atom. The van der Waals surface area contributed by atoms with Gasteiger partial charge in [-0.05, 0) is 96.9 Å². The monoisotopic (exact) mass is 658 g/mol. The van der Waals surface area contributed by atoms with Gasteiger partial charge in [0.15, 0.2) is 0 Å². The first-order chi connectivity index (χ1) is 21.7. The molecule has 1 aromatic carbocycles. The molecule has 1 heterocycles. The van der Waals surface area contributed by atoms with E-state index in [0.717, 1.165) is 43.1 Å². The molecule has 0 aromatic heterocycles. The van der Waals surface area contributed by atoms with Gasteiger partial charge in [-0.25, -0.2) is 4.79 Å². The van der Waals surface area contributed by atoms with E-state index in [2.05, 4.69) is 92.4 Å². The Morgan fingerprint density at radius 1 is 1.09 bits per heavy atom. The minimum atomic E-state index is -0.479. The molecule has 1 saturated heterocycles. The third-order valence-electron chi connectivity index (χ3n) is 7.94. The van der Waals surface area contributed by atoms with Crippen molar-refractivity contribution in [3.05, 3.63) is 70.0 Å². The Hall–Kier alpha value is -2.53. The Kier molecular flexibility index (Phi) is 22.4. The molecule has 1 aliphatic heterocycles. The molecule has 0 spiro atoms. The van der Waals surface area contributed by atoms with Crippen molar-refractivity contribution in [3.63, 3.8) is 0 Å². The van der Waals surface area contributed by atoms with E-state index in [-0.39, 0.29) is 12.1 Å². The van der Waals surface area contributed by atoms with E-state index in [1.165, 1.54) is 48.1 Å². The van der Waals surface area contributed by atoms with Gasteiger partial charge in [0.05, 0.1) is 0 Å². The molecule has 6 heteroatoms. The molecule has 1 aliphatic rings. The fraction of sp³-hybridized carbons (Fsp3) is 0.650.